The average Bonchev–Trinajstić information content (AvgIpc) is 2.58. The van der Waals surface area contributed by atoms with E-state index in [1.807, 2.05) is 13.0 Å². The maximum absolute atomic E-state index is 12.2. The lowest BCUT2D eigenvalue weighted by molar-refractivity contribution is 0.249. The van der Waals surface area contributed by atoms with Crippen molar-refractivity contribution in [1.82, 2.24) is 5.32 Å². The summed E-state index contributed by atoms with van der Waals surface area (Å²) in [6.07, 6.45) is 0. The lowest BCUT2D eigenvalue weighted by Gasteiger charge is -2.19. The number of nitrogens with one attached hydrogen (secondary N) is 2. The quantitative estimate of drug-likeness (QED) is 0.789. The van der Waals surface area contributed by atoms with Crippen molar-refractivity contribution in [3.63, 3.8) is 0 Å². The number of halogens is 2. The largest absolute Gasteiger partial charge is 0.497 e. The molecule has 2 aromatic carbocycles. The van der Waals surface area contributed by atoms with Crippen LogP contribution in [0.25, 0.3) is 0 Å². The highest BCUT2D eigenvalue weighted by Crippen LogP contribution is 2.31. The molecular weight excluding hydrogens is 351 g/mol. The number of anilines is 1. The lowest BCUT2D eigenvalue weighted by Crippen LogP contribution is -2.31. The van der Waals surface area contributed by atoms with E-state index >= 15 is 0 Å². The number of amides is 2. The van der Waals surface area contributed by atoms with E-state index in [-0.39, 0.29) is 6.04 Å². The Morgan fingerprint density at radius 2 is 1.88 bits per heavy atom. The summed E-state index contributed by atoms with van der Waals surface area (Å²) in [6.45, 7) is 1.84. The number of carbonyl (C=O) groups excluding carboxylic acids is 1. The second kappa shape index (κ2) is 8.13. The third-order valence-corrected chi connectivity index (χ3v) is 4.27. The Bertz CT molecular complexity index is 738. The van der Waals surface area contributed by atoms with Crippen LogP contribution in [0.5, 0.6) is 11.5 Å². The first kappa shape index (κ1) is 18.2. The molecule has 1 unspecified atom stereocenters. The van der Waals surface area contributed by atoms with Crippen LogP contribution < -0.4 is 20.1 Å². The summed E-state index contributed by atoms with van der Waals surface area (Å²) in [5, 5.41) is 6.17. The molecule has 0 radical (unpaired) electrons. The van der Waals surface area contributed by atoms with E-state index < -0.39 is 6.03 Å². The summed E-state index contributed by atoms with van der Waals surface area (Å²) in [5.41, 5.74) is 1.23. The number of benzene rings is 2. The zero-order valence-corrected chi connectivity index (χ0v) is 15.0. The fraction of sp³-hybridized carbons (Fsp3) is 0.235. The van der Waals surface area contributed by atoms with Crippen molar-refractivity contribution in [2.75, 3.05) is 19.5 Å². The van der Waals surface area contributed by atoms with Gasteiger partial charge in [-0.3, -0.25) is 0 Å². The van der Waals surface area contributed by atoms with Crippen molar-refractivity contribution >= 4 is 34.9 Å². The molecule has 0 saturated carbocycles. The van der Waals surface area contributed by atoms with Crippen molar-refractivity contribution in [3.8, 4) is 11.5 Å². The second-order valence-electron chi connectivity index (χ2n) is 5.03. The summed E-state index contributed by atoms with van der Waals surface area (Å²) in [4.78, 5) is 12.2. The van der Waals surface area contributed by atoms with Gasteiger partial charge in [0.05, 0.1) is 36.0 Å². The molecule has 0 aliphatic heterocycles. The van der Waals surface area contributed by atoms with Gasteiger partial charge in [0.25, 0.3) is 0 Å². The third kappa shape index (κ3) is 4.24. The topological polar surface area (TPSA) is 59.6 Å². The van der Waals surface area contributed by atoms with Crippen LogP contribution in [-0.2, 0) is 0 Å². The summed E-state index contributed by atoms with van der Waals surface area (Å²) in [6, 6.07) is 9.71. The molecule has 0 aliphatic rings. The lowest BCUT2D eigenvalue weighted by atomic mass is 10.1. The monoisotopic (exact) mass is 368 g/mol. The Balaban J connectivity index is 2.13. The van der Waals surface area contributed by atoms with Gasteiger partial charge >= 0.3 is 6.03 Å². The number of ether oxygens (including phenoxy) is 2. The molecule has 0 bridgehead atoms. The maximum Gasteiger partial charge on any atom is 0.319 e. The number of rotatable bonds is 5. The SMILES string of the molecule is COc1ccc(OC)c(C(C)NC(=O)Nc2cccc(Cl)c2Cl)c1. The molecule has 2 N–H and O–H groups in total. The molecule has 0 heterocycles. The third-order valence-electron chi connectivity index (χ3n) is 3.45. The van der Waals surface area contributed by atoms with E-state index in [4.69, 9.17) is 32.7 Å². The normalized spacial score (nSPS) is 11.5. The Hall–Kier alpha value is -2.11. The minimum atomic E-state index is -0.406. The van der Waals surface area contributed by atoms with Crippen LogP contribution in [0.2, 0.25) is 10.0 Å². The van der Waals surface area contributed by atoms with Crippen LogP contribution in [0.3, 0.4) is 0 Å². The molecule has 2 amide bonds. The Morgan fingerprint density at radius 1 is 1.12 bits per heavy atom. The molecule has 0 fully saturated rings. The van der Waals surface area contributed by atoms with Gasteiger partial charge in [0.1, 0.15) is 11.5 Å². The first-order valence-corrected chi connectivity index (χ1v) is 7.95. The first-order valence-electron chi connectivity index (χ1n) is 7.19. The average molecular weight is 369 g/mol. The minimum absolute atomic E-state index is 0.293. The van der Waals surface area contributed by atoms with Crippen molar-refractivity contribution in [2.45, 2.75) is 13.0 Å². The van der Waals surface area contributed by atoms with Gasteiger partial charge < -0.3 is 20.1 Å². The molecule has 128 valence electrons. The smallest absolute Gasteiger partial charge is 0.319 e. The highest BCUT2D eigenvalue weighted by atomic mass is 35.5. The predicted molar refractivity (Wildman–Crippen MR) is 96.6 cm³/mol. The van der Waals surface area contributed by atoms with Crippen LogP contribution in [0, 0.1) is 0 Å². The predicted octanol–water partition coefficient (Wildman–Crippen LogP) is 4.89. The summed E-state index contributed by atoms with van der Waals surface area (Å²) in [7, 11) is 3.15. The molecule has 5 nitrogen and oxygen atoms in total. The van der Waals surface area contributed by atoms with Gasteiger partial charge in [-0.1, -0.05) is 29.3 Å². The molecule has 7 heteroatoms. The number of hydrogen-bond donors (Lipinski definition) is 2. The van der Waals surface area contributed by atoms with Gasteiger partial charge in [0.15, 0.2) is 0 Å². The highest BCUT2D eigenvalue weighted by Gasteiger charge is 2.16. The van der Waals surface area contributed by atoms with Crippen LogP contribution in [0.4, 0.5) is 10.5 Å². The Labute approximate surface area is 150 Å². The van der Waals surface area contributed by atoms with Crippen molar-refractivity contribution in [1.29, 1.82) is 0 Å². The van der Waals surface area contributed by atoms with Gasteiger partial charge in [-0.2, -0.15) is 0 Å². The molecule has 1 atom stereocenters. The molecule has 0 aliphatic carbocycles. The van der Waals surface area contributed by atoms with Crippen molar-refractivity contribution in [3.05, 3.63) is 52.0 Å². The maximum atomic E-state index is 12.2. The number of methoxy groups -OCH3 is 2. The van der Waals surface area contributed by atoms with Crippen LogP contribution in [0.15, 0.2) is 36.4 Å². The van der Waals surface area contributed by atoms with Gasteiger partial charge in [-0.25, -0.2) is 4.79 Å². The number of hydrogen-bond acceptors (Lipinski definition) is 3. The minimum Gasteiger partial charge on any atom is -0.497 e. The van der Waals surface area contributed by atoms with Crippen LogP contribution in [0.1, 0.15) is 18.5 Å². The van der Waals surface area contributed by atoms with E-state index in [9.17, 15) is 4.79 Å². The van der Waals surface area contributed by atoms with E-state index in [0.717, 1.165) is 5.56 Å². The fourth-order valence-corrected chi connectivity index (χ4v) is 2.56. The zero-order valence-electron chi connectivity index (χ0n) is 13.5. The van der Waals surface area contributed by atoms with E-state index in [2.05, 4.69) is 10.6 Å². The second-order valence-corrected chi connectivity index (χ2v) is 5.81. The van der Waals surface area contributed by atoms with Gasteiger partial charge in [0.2, 0.25) is 0 Å². The van der Waals surface area contributed by atoms with E-state index in [0.29, 0.717) is 27.2 Å². The van der Waals surface area contributed by atoms with Crippen molar-refractivity contribution < 1.29 is 14.3 Å². The van der Waals surface area contributed by atoms with Crippen LogP contribution >= 0.6 is 23.2 Å². The zero-order chi connectivity index (χ0) is 17.7. The molecule has 2 rings (SSSR count). The highest BCUT2D eigenvalue weighted by molar-refractivity contribution is 6.43. The summed E-state index contributed by atoms with van der Waals surface area (Å²) >= 11 is 12.0. The molecule has 24 heavy (non-hydrogen) atoms. The van der Waals surface area contributed by atoms with Gasteiger partial charge in [0, 0.05) is 5.56 Å². The van der Waals surface area contributed by atoms with Gasteiger partial charge in [-0.15, -0.1) is 0 Å². The molecule has 0 saturated heterocycles. The van der Waals surface area contributed by atoms with Crippen LogP contribution in [-0.4, -0.2) is 20.3 Å². The number of urea groups is 1. The Kier molecular flexibility index (Phi) is 6.17. The molecule has 0 spiro atoms. The summed E-state index contributed by atoms with van der Waals surface area (Å²) < 4.78 is 10.6. The summed E-state index contributed by atoms with van der Waals surface area (Å²) in [5.74, 6) is 1.34. The molecular formula is C17H18Cl2N2O3. The van der Waals surface area contributed by atoms with Crippen molar-refractivity contribution in [2.24, 2.45) is 0 Å². The Morgan fingerprint density at radius 3 is 2.54 bits per heavy atom. The molecule has 2 aromatic rings. The van der Waals surface area contributed by atoms with Gasteiger partial charge in [-0.05, 0) is 37.3 Å². The standard InChI is InChI=1S/C17H18Cl2N2O3/c1-10(12-9-11(23-2)7-8-15(12)24-3)20-17(22)21-14-6-4-5-13(18)16(14)19/h4-10H,1-3H3,(H2,20,21,22). The first-order chi connectivity index (χ1) is 11.5. The van der Waals surface area contributed by atoms with E-state index in [1.165, 1.54) is 0 Å². The molecule has 0 aromatic heterocycles. The van der Waals surface area contributed by atoms with E-state index in [1.54, 1.807) is 44.6 Å². The number of carbonyl (C=O) groups is 1. The fourth-order valence-electron chi connectivity index (χ4n) is 2.21.